The molecule has 404 valence electrons. The maximum absolute atomic E-state index is 15.6. The molecule has 7 N–H and O–H groups in total. The number of aromatic nitrogens is 5. The maximum Gasteiger partial charge on any atom is 0.435 e. The van der Waals surface area contributed by atoms with Gasteiger partial charge >= 0.3 is 12.4 Å². The van der Waals surface area contributed by atoms with Gasteiger partial charge in [0.15, 0.2) is 27.3 Å². The highest BCUT2D eigenvalue weighted by Crippen LogP contribution is 2.68. The van der Waals surface area contributed by atoms with Gasteiger partial charge in [-0.25, -0.2) is 30.6 Å². The van der Waals surface area contributed by atoms with Gasteiger partial charge in [0.25, 0.3) is 11.8 Å². The molecule has 2 amide bonds. The number of hydrogen-bond donors (Lipinski definition) is 4. The summed E-state index contributed by atoms with van der Waals surface area (Å²) in [5.74, 6) is -7.76. The first-order valence-corrected chi connectivity index (χ1v) is 26.3. The number of hydrogen-bond acceptors (Lipinski definition) is 11. The molecule has 3 aromatic heterocycles. The molecule has 7 rings (SSSR count). The summed E-state index contributed by atoms with van der Waals surface area (Å²) < 4.78 is 199. The maximum atomic E-state index is 15.6. The Hall–Kier alpha value is -6.51. The second-order valence-corrected chi connectivity index (χ2v) is 23.2. The number of guanidine groups is 1. The first kappa shape index (κ1) is 56.2. The number of rotatable bonds is 16. The highest BCUT2D eigenvalue weighted by Gasteiger charge is 2.68. The van der Waals surface area contributed by atoms with Crippen LogP contribution in [-0.2, 0) is 61.1 Å². The van der Waals surface area contributed by atoms with Gasteiger partial charge in [0.2, 0.25) is 15.9 Å². The lowest BCUT2D eigenvalue weighted by Gasteiger charge is -2.23. The Morgan fingerprint density at radius 3 is 2.20 bits per heavy atom. The summed E-state index contributed by atoms with van der Waals surface area (Å²) in [6.07, 6.45) is -10.2. The molecule has 0 radical (unpaired) electrons. The van der Waals surface area contributed by atoms with E-state index in [4.69, 9.17) is 28.8 Å². The van der Waals surface area contributed by atoms with E-state index in [-0.39, 0.29) is 67.8 Å². The SMILES string of the molecule is CC(C)(C#Cc1ccc(-c2ccc(Cl)c3c(N(C(=O)C(N)CCCN=C(N)N)S(C)(=O)=O)nn(CC(F)(F)F)c23)c([C@H](Cc2cc(F)cc(F)c2)NC(=O)Cn2nc(C(F)(F)F)c3c2C(F)(F)[C@@H]2C[C@H]32)n1)S(C)(=O)=O. The third-order valence-electron chi connectivity index (χ3n) is 12.3. The lowest BCUT2D eigenvalue weighted by Crippen LogP contribution is -2.47. The highest BCUT2D eigenvalue weighted by molar-refractivity contribution is 7.93. The van der Waals surface area contributed by atoms with Gasteiger partial charge in [-0.1, -0.05) is 23.6 Å². The van der Waals surface area contributed by atoms with Crippen LogP contribution in [-0.4, -0.2) is 95.2 Å². The normalized spacial score (nSPS) is 17.1. The zero-order valence-corrected chi connectivity index (χ0v) is 42.0. The van der Waals surface area contributed by atoms with Gasteiger partial charge in [0.05, 0.1) is 40.0 Å². The number of sulfonamides is 1. The summed E-state index contributed by atoms with van der Waals surface area (Å²) in [5, 5.41) is 8.67. The van der Waals surface area contributed by atoms with E-state index in [0.29, 0.717) is 12.3 Å². The Balaban J connectivity index is 1.47. The molecule has 30 heteroatoms. The molecule has 0 aliphatic heterocycles. The van der Waals surface area contributed by atoms with Crippen molar-refractivity contribution in [3.8, 4) is 23.0 Å². The second kappa shape index (κ2) is 19.9. The number of alkyl halides is 8. The number of anilines is 1. The van der Waals surface area contributed by atoms with Crippen LogP contribution in [0.3, 0.4) is 0 Å². The van der Waals surface area contributed by atoms with Crippen molar-refractivity contribution in [3.63, 3.8) is 0 Å². The van der Waals surface area contributed by atoms with Crippen LogP contribution in [0, 0.1) is 29.4 Å². The van der Waals surface area contributed by atoms with Crippen LogP contribution in [0.5, 0.6) is 0 Å². The molecule has 3 heterocycles. The van der Waals surface area contributed by atoms with Crippen molar-refractivity contribution in [3.05, 3.63) is 93.0 Å². The lowest BCUT2D eigenvalue weighted by atomic mass is 9.93. The number of pyridine rings is 1. The van der Waals surface area contributed by atoms with E-state index in [9.17, 15) is 61.5 Å². The summed E-state index contributed by atoms with van der Waals surface area (Å²) in [5.41, 5.74) is 10.8. The smallest absolute Gasteiger partial charge is 0.370 e. The number of nitrogens with zero attached hydrogens (tertiary/aromatic N) is 7. The van der Waals surface area contributed by atoms with Crippen molar-refractivity contribution < 1.29 is 70.3 Å². The molecule has 2 aromatic carbocycles. The van der Waals surface area contributed by atoms with E-state index >= 15 is 8.78 Å². The standard InChI is InChI=1S/C45H44ClF10N11O6S2/c1-42(2,74(3,70)71)12-11-24-7-8-25(26-9-10-29(46)34-36(26)66(20-43(49,50)51)64-39(34)67(75(4,72)73)40(69)30(57)6-5-13-60-41(58)59)35(61-24)31(16-21-14-22(47)17-23(48)15-21)62-32(68)19-65-38-33(37(63-65)45(54,55)56)27-18-28(27)44(38,52)53/h7-10,14-15,17,27-28,30-31H,5-6,13,16,18-20,57H2,1-4H3,(H,62,68)(H4,58,59,60)/t27-,28+,30?,31-/m0/s1. The first-order chi connectivity index (χ1) is 34.5. The highest BCUT2D eigenvalue weighted by atomic mass is 35.5. The fraction of sp³-hybridized carbons (Fsp3) is 0.422. The Morgan fingerprint density at radius 1 is 0.973 bits per heavy atom. The van der Waals surface area contributed by atoms with Crippen molar-refractivity contribution in [1.82, 2.24) is 29.9 Å². The predicted octanol–water partition coefficient (Wildman–Crippen LogP) is 5.96. The third-order valence-corrected chi connectivity index (χ3v) is 15.6. The average molecular weight is 1120 g/mol. The van der Waals surface area contributed by atoms with Crippen LogP contribution in [0.15, 0.2) is 47.5 Å². The number of carbonyl (C=O) groups excluding carboxylic acids is 2. The number of nitrogens with two attached hydrogens (primary N) is 3. The number of benzene rings is 2. The number of carbonyl (C=O) groups is 2. The minimum Gasteiger partial charge on any atom is -0.370 e. The molecule has 17 nitrogen and oxygen atoms in total. The fourth-order valence-electron chi connectivity index (χ4n) is 8.62. The molecule has 0 spiro atoms. The van der Waals surface area contributed by atoms with E-state index in [1.807, 2.05) is 0 Å². The van der Waals surface area contributed by atoms with Crippen LogP contribution in [0.4, 0.5) is 49.7 Å². The molecule has 1 unspecified atom stereocenters. The van der Waals surface area contributed by atoms with Crippen molar-refractivity contribution in [2.24, 2.45) is 28.1 Å². The summed E-state index contributed by atoms with van der Waals surface area (Å²) >= 11 is 6.67. The zero-order valence-electron chi connectivity index (χ0n) is 39.6. The van der Waals surface area contributed by atoms with Crippen LogP contribution >= 0.6 is 11.6 Å². The summed E-state index contributed by atoms with van der Waals surface area (Å²) in [6, 6.07) is 3.06. The van der Waals surface area contributed by atoms with E-state index in [2.05, 4.69) is 37.3 Å². The molecule has 5 aromatic rings. The monoisotopic (exact) mass is 1120 g/mol. The van der Waals surface area contributed by atoms with E-state index in [0.717, 1.165) is 42.7 Å². The predicted molar refractivity (Wildman–Crippen MR) is 253 cm³/mol. The van der Waals surface area contributed by atoms with Gasteiger partial charge in [0.1, 0.15) is 40.9 Å². The molecular formula is C45H44ClF10N11O6S2. The topological polar surface area (TPSA) is 257 Å². The lowest BCUT2D eigenvalue weighted by molar-refractivity contribution is -0.143. The van der Waals surface area contributed by atoms with Crippen LogP contribution in [0.25, 0.3) is 22.0 Å². The average Bonchev–Trinajstić information content (AvgIpc) is 3.78. The molecule has 0 saturated heterocycles. The van der Waals surface area contributed by atoms with Crippen molar-refractivity contribution in [1.29, 1.82) is 0 Å². The first-order valence-electron chi connectivity index (χ1n) is 22.2. The number of fused-ring (bicyclic) bond motifs is 4. The largest absolute Gasteiger partial charge is 0.435 e. The van der Waals surface area contributed by atoms with Gasteiger partial charge in [-0.05, 0) is 87.3 Å². The van der Waals surface area contributed by atoms with E-state index in [1.54, 1.807) is 0 Å². The second-order valence-electron chi connectivity index (χ2n) is 18.4. The van der Waals surface area contributed by atoms with E-state index in [1.165, 1.54) is 13.8 Å². The number of aliphatic imine (C=N–C) groups is 1. The van der Waals surface area contributed by atoms with Crippen LogP contribution in [0.1, 0.15) is 79.0 Å². The molecule has 1 saturated carbocycles. The van der Waals surface area contributed by atoms with Crippen LogP contribution < -0.4 is 26.8 Å². The van der Waals surface area contributed by atoms with Gasteiger partial charge in [-0.3, -0.25) is 23.9 Å². The quantitative estimate of drug-likeness (QED) is 0.0293. The van der Waals surface area contributed by atoms with Gasteiger partial charge in [-0.2, -0.15) is 49.6 Å². The zero-order chi connectivity index (χ0) is 55.7. The Kier molecular flexibility index (Phi) is 14.9. The summed E-state index contributed by atoms with van der Waals surface area (Å²) in [4.78, 5) is 36.5. The number of halogens is 11. The Morgan fingerprint density at radius 2 is 1.61 bits per heavy atom. The van der Waals surface area contributed by atoms with Gasteiger partial charge < -0.3 is 22.5 Å². The van der Waals surface area contributed by atoms with Crippen molar-refractivity contribution in [2.75, 3.05) is 23.4 Å². The minimum atomic E-state index is -5.23. The molecular weight excluding hydrogens is 1080 g/mol. The van der Waals surface area contributed by atoms with Gasteiger partial charge in [0, 0.05) is 41.5 Å². The number of amides is 2. The Bertz CT molecular complexity index is 3440. The molecule has 4 atom stereocenters. The molecule has 2 aliphatic carbocycles. The molecule has 1 fully saturated rings. The summed E-state index contributed by atoms with van der Waals surface area (Å²) in [7, 11) is -8.77. The van der Waals surface area contributed by atoms with E-state index < -0.39 is 154 Å². The van der Waals surface area contributed by atoms with Gasteiger partial charge in [-0.15, -0.1) is 0 Å². The molecule has 2 aliphatic rings. The summed E-state index contributed by atoms with van der Waals surface area (Å²) in [6.45, 7) is -0.902. The Labute approximate surface area is 425 Å². The number of nitrogens with one attached hydrogen (secondary N) is 1. The third kappa shape index (κ3) is 11.8. The van der Waals surface area contributed by atoms with Crippen molar-refractivity contribution >= 4 is 66.0 Å². The fourth-order valence-corrected chi connectivity index (χ4v) is 10.00. The minimum absolute atomic E-state index is 0.0184. The number of sulfone groups is 1. The molecule has 75 heavy (non-hydrogen) atoms. The molecule has 0 bridgehead atoms. The van der Waals surface area contributed by atoms with Crippen LogP contribution in [0.2, 0.25) is 5.02 Å². The van der Waals surface area contributed by atoms with Crippen molar-refractivity contribution in [2.45, 2.75) is 93.6 Å².